The highest BCUT2D eigenvalue weighted by Gasteiger charge is 1.99. The van der Waals surface area contributed by atoms with Crippen LogP contribution in [0.5, 0.6) is 0 Å². The molecule has 5 heteroatoms. The first-order valence-corrected chi connectivity index (χ1v) is 4.55. The van der Waals surface area contributed by atoms with E-state index < -0.39 is 0 Å². The number of aldehydes is 1. The van der Waals surface area contributed by atoms with E-state index in [1.807, 2.05) is 0 Å². The van der Waals surface area contributed by atoms with Gasteiger partial charge in [-0.15, -0.1) is 0 Å². The van der Waals surface area contributed by atoms with Crippen LogP contribution in [0.25, 0.3) is 0 Å². The Kier molecular flexibility index (Phi) is 3.53. The Hall–Kier alpha value is -1.49. The van der Waals surface area contributed by atoms with E-state index in [4.69, 9.17) is 11.1 Å². The Morgan fingerprint density at radius 3 is 2.79 bits per heavy atom. The lowest BCUT2D eigenvalue weighted by molar-refractivity contribution is -0.104. The van der Waals surface area contributed by atoms with Crippen LogP contribution in [0.2, 0.25) is 0 Å². The van der Waals surface area contributed by atoms with Crippen molar-refractivity contribution in [3.63, 3.8) is 0 Å². The fraction of sp³-hybridized carbons (Fsp3) is 0. The highest BCUT2D eigenvalue weighted by atomic mass is 79.9. The average Bonchev–Trinajstić information content (AvgIpc) is 2.18. The zero-order chi connectivity index (χ0) is 10.6. The van der Waals surface area contributed by atoms with Crippen molar-refractivity contribution in [2.24, 2.45) is 5.73 Å². The van der Waals surface area contributed by atoms with Gasteiger partial charge in [-0.2, -0.15) is 0 Å². The van der Waals surface area contributed by atoms with Crippen LogP contribution in [0.15, 0.2) is 34.7 Å². The molecule has 0 fully saturated rings. The number of hydrogen-bond donors (Lipinski definition) is 2. The first-order chi connectivity index (χ1) is 6.63. The number of allylic oxidation sites excluding steroid dienone is 2. The molecule has 4 nitrogen and oxygen atoms in total. The van der Waals surface area contributed by atoms with Gasteiger partial charge >= 0.3 is 0 Å². The standard InChI is InChI=1S/C9H8BrN3O/c10-9-2-1-6(4-13-9)8(12)3-7(11)5-14/h1-5,12H,11H2. The first-order valence-electron chi connectivity index (χ1n) is 3.76. The number of nitrogens with one attached hydrogen (secondary N) is 1. The van der Waals surface area contributed by atoms with Gasteiger partial charge < -0.3 is 11.1 Å². The molecule has 0 atom stereocenters. The minimum Gasteiger partial charge on any atom is -0.396 e. The van der Waals surface area contributed by atoms with Gasteiger partial charge in [0.25, 0.3) is 0 Å². The molecular weight excluding hydrogens is 246 g/mol. The van der Waals surface area contributed by atoms with Crippen molar-refractivity contribution >= 4 is 27.9 Å². The summed E-state index contributed by atoms with van der Waals surface area (Å²) in [5, 5.41) is 7.56. The van der Waals surface area contributed by atoms with Gasteiger partial charge in [0.05, 0.1) is 11.4 Å². The molecule has 1 aromatic heterocycles. The second-order valence-electron chi connectivity index (χ2n) is 2.55. The number of rotatable bonds is 3. The Labute approximate surface area is 89.5 Å². The summed E-state index contributed by atoms with van der Waals surface area (Å²) in [4.78, 5) is 14.2. The van der Waals surface area contributed by atoms with Gasteiger partial charge in [-0.25, -0.2) is 4.98 Å². The van der Waals surface area contributed by atoms with Gasteiger partial charge in [-0.3, -0.25) is 4.79 Å². The summed E-state index contributed by atoms with van der Waals surface area (Å²) < 4.78 is 0.696. The van der Waals surface area contributed by atoms with Crippen molar-refractivity contribution in [2.45, 2.75) is 0 Å². The van der Waals surface area contributed by atoms with E-state index in [1.165, 1.54) is 12.3 Å². The number of carbonyl (C=O) groups excluding carboxylic acids is 1. The van der Waals surface area contributed by atoms with E-state index >= 15 is 0 Å². The van der Waals surface area contributed by atoms with Crippen LogP contribution in [0.1, 0.15) is 5.56 Å². The number of hydrogen-bond acceptors (Lipinski definition) is 4. The number of nitrogens with zero attached hydrogens (tertiary/aromatic N) is 1. The van der Waals surface area contributed by atoms with Crippen LogP contribution in [0.3, 0.4) is 0 Å². The molecule has 0 unspecified atom stereocenters. The summed E-state index contributed by atoms with van der Waals surface area (Å²) >= 11 is 3.18. The SMILES string of the molecule is N=C(C=C(N)C=O)c1ccc(Br)nc1. The van der Waals surface area contributed by atoms with Crippen LogP contribution < -0.4 is 5.73 Å². The molecule has 1 rings (SSSR count). The Morgan fingerprint density at radius 1 is 1.57 bits per heavy atom. The summed E-state index contributed by atoms with van der Waals surface area (Å²) in [5.74, 6) is 0. The molecule has 0 amide bonds. The van der Waals surface area contributed by atoms with Crippen molar-refractivity contribution in [3.05, 3.63) is 40.3 Å². The van der Waals surface area contributed by atoms with E-state index in [0.29, 0.717) is 16.5 Å². The fourth-order valence-corrected chi connectivity index (χ4v) is 1.05. The lowest BCUT2D eigenvalue weighted by atomic mass is 10.1. The zero-order valence-corrected chi connectivity index (χ0v) is 8.78. The minimum atomic E-state index is 0.0259. The number of aromatic nitrogens is 1. The third kappa shape index (κ3) is 2.77. The quantitative estimate of drug-likeness (QED) is 0.368. The molecule has 0 saturated heterocycles. The van der Waals surface area contributed by atoms with Crippen LogP contribution in [-0.4, -0.2) is 17.0 Å². The van der Waals surface area contributed by atoms with Crippen LogP contribution in [-0.2, 0) is 4.79 Å². The Balaban J connectivity index is 2.90. The maximum atomic E-state index is 10.2. The van der Waals surface area contributed by atoms with Crippen LogP contribution in [0.4, 0.5) is 0 Å². The molecular formula is C9H8BrN3O. The summed E-state index contributed by atoms with van der Waals surface area (Å²) in [5.41, 5.74) is 6.06. The van der Waals surface area contributed by atoms with Crippen LogP contribution >= 0.6 is 15.9 Å². The minimum absolute atomic E-state index is 0.0259. The van der Waals surface area contributed by atoms with E-state index in [9.17, 15) is 4.79 Å². The molecule has 0 aliphatic rings. The average molecular weight is 254 g/mol. The summed E-state index contributed by atoms with van der Waals surface area (Å²) in [6.45, 7) is 0. The van der Waals surface area contributed by atoms with E-state index in [1.54, 1.807) is 12.1 Å². The monoisotopic (exact) mass is 253 g/mol. The zero-order valence-electron chi connectivity index (χ0n) is 7.20. The normalized spacial score (nSPS) is 11.1. The second-order valence-corrected chi connectivity index (χ2v) is 3.36. The molecule has 0 radical (unpaired) electrons. The fourth-order valence-electron chi connectivity index (χ4n) is 0.819. The highest BCUT2D eigenvalue weighted by molar-refractivity contribution is 9.10. The second kappa shape index (κ2) is 4.66. The molecule has 1 heterocycles. The van der Waals surface area contributed by atoms with E-state index in [-0.39, 0.29) is 11.4 Å². The number of pyridine rings is 1. The van der Waals surface area contributed by atoms with Gasteiger partial charge in [-0.1, -0.05) is 0 Å². The molecule has 1 aromatic rings. The third-order valence-corrected chi connectivity index (χ3v) is 1.95. The smallest absolute Gasteiger partial charge is 0.165 e. The predicted octanol–water partition coefficient (Wildman–Crippen LogP) is 1.25. The van der Waals surface area contributed by atoms with Gasteiger partial charge in [0.2, 0.25) is 0 Å². The van der Waals surface area contributed by atoms with Gasteiger partial charge in [-0.05, 0) is 34.1 Å². The van der Waals surface area contributed by atoms with Crippen molar-refractivity contribution in [3.8, 4) is 0 Å². The van der Waals surface area contributed by atoms with E-state index in [0.717, 1.165) is 0 Å². The van der Waals surface area contributed by atoms with Crippen molar-refractivity contribution in [1.82, 2.24) is 4.98 Å². The summed E-state index contributed by atoms with van der Waals surface area (Å²) in [7, 11) is 0. The number of halogens is 1. The molecule has 0 spiro atoms. The van der Waals surface area contributed by atoms with Crippen molar-refractivity contribution < 1.29 is 4.79 Å². The molecule has 3 N–H and O–H groups in total. The number of nitrogens with two attached hydrogens (primary N) is 1. The molecule has 0 saturated carbocycles. The molecule has 0 aromatic carbocycles. The maximum absolute atomic E-state index is 10.2. The van der Waals surface area contributed by atoms with Gasteiger partial charge in [0.15, 0.2) is 6.29 Å². The molecule has 0 bridgehead atoms. The molecule has 14 heavy (non-hydrogen) atoms. The Bertz CT molecular complexity index is 384. The first kappa shape index (κ1) is 10.6. The third-order valence-electron chi connectivity index (χ3n) is 1.49. The summed E-state index contributed by atoms with van der Waals surface area (Å²) in [6.07, 6.45) is 3.32. The van der Waals surface area contributed by atoms with Crippen molar-refractivity contribution in [1.29, 1.82) is 5.41 Å². The van der Waals surface area contributed by atoms with Crippen LogP contribution in [0, 0.1) is 5.41 Å². The van der Waals surface area contributed by atoms with Gasteiger partial charge in [0.1, 0.15) is 4.60 Å². The molecule has 0 aliphatic heterocycles. The highest BCUT2D eigenvalue weighted by Crippen LogP contribution is 2.07. The summed E-state index contributed by atoms with van der Waals surface area (Å²) in [6, 6.07) is 3.43. The van der Waals surface area contributed by atoms with Crippen molar-refractivity contribution in [2.75, 3.05) is 0 Å². The van der Waals surface area contributed by atoms with Gasteiger partial charge in [0, 0.05) is 11.8 Å². The Morgan fingerprint density at radius 2 is 2.29 bits per heavy atom. The topological polar surface area (TPSA) is 79.8 Å². The predicted molar refractivity (Wildman–Crippen MR) is 57.1 cm³/mol. The number of carbonyl (C=O) groups is 1. The molecule has 72 valence electrons. The lowest BCUT2D eigenvalue weighted by Gasteiger charge is -1.98. The van der Waals surface area contributed by atoms with E-state index in [2.05, 4.69) is 20.9 Å². The maximum Gasteiger partial charge on any atom is 0.165 e. The molecule has 0 aliphatic carbocycles. The largest absolute Gasteiger partial charge is 0.396 e. The lowest BCUT2D eigenvalue weighted by Crippen LogP contribution is -2.04.